The van der Waals surface area contributed by atoms with Crippen LogP contribution in [-0.2, 0) is 17.7 Å². The SMILES string of the molecule is CN(Cc1ccsc1)C(=NCC1CCCCO1)NCCc1ccco1.I. The van der Waals surface area contributed by atoms with Gasteiger partial charge in [-0.15, -0.1) is 24.0 Å². The van der Waals surface area contributed by atoms with Crippen molar-refractivity contribution < 1.29 is 9.15 Å². The molecular formula is C19H28IN3O2S. The van der Waals surface area contributed by atoms with Crippen molar-refractivity contribution in [2.75, 3.05) is 26.7 Å². The topological polar surface area (TPSA) is 50.0 Å². The molecule has 1 aliphatic rings. The maximum Gasteiger partial charge on any atom is 0.194 e. The Labute approximate surface area is 176 Å². The van der Waals surface area contributed by atoms with Crippen molar-refractivity contribution in [2.24, 2.45) is 4.99 Å². The number of guanidine groups is 1. The molecule has 1 unspecified atom stereocenters. The third kappa shape index (κ3) is 6.92. The van der Waals surface area contributed by atoms with E-state index in [9.17, 15) is 0 Å². The molecule has 3 heterocycles. The van der Waals surface area contributed by atoms with Crippen LogP contribution < -0.4 is 5.32 Å². The number of furan rings is 1. The number of hydrogen-bond acceptors (Lipinski definition) is 4. The standard InChI is InChI=1S/C19H27N3O2S.HI/c1-22(14-16-8-12-25-15-16)19(20-9-7-17-6-4-11-23-17)21-13-18-5-2-3-10-24-18;/h4,6,8,11-12,15,18H,2-3,5,7,9-10,13-14H2,1H3,(H,20,21);1H. The minimum Gasteiger partial charge on any atom is -0.469 e. The zero-order valence-corrected chi connectivity index (χ0v) is 18.4. The summed E-state index contributed by atoms with van der Waals surface area (Å²) < 4.78 is 11.2. The Kier molecular flexibility index (Phi) is 9.49. The van der Waals surface area contributed by atoms with Crippen LogP contribution >= 0.6 is 35.3 Å². The largest absolute Gasteiger partial charge is 0.469 e. The molecule has 1 atom stereocenters. The van der Waals surface area contributed by atoms with Crippen molar-refractivity contribution in [2.45, 2.75) is 38.3 Å². The fourth-order valence-corrected chi connectivity index (χ4v) is 3.59. The minimum atomic E-state index is 0. The predicted octanol–water partition coefficient (Wildman–Crippen LogP) is 4.15. The number of nitrogens with one attached hydrogen (secondary N) is 1. The van der Waals surface area contributed by atoms with Crippen LogP contribution in [0.1, 0.15) is 30.6 Å². The Morgan fingerprint density at radius 2 is 2.31 bits per heavy atom. The van der Waals surface area contributed by atoms with Crippen LogP contribution in [0.3, 0.4) is 0 Å². The average molecular weight is 489 g/mol. The van der Waals surface area contributed by atoms with Gasteiger partial charge in [-0.05, 0) is 53.8 Å². The molecule has 2 aromatic rings. The highest BCUT2D eigenvalue weighted by molar-refractivity contribution is 14.0. The summed E-state index contributed by atoms with van der Waals surface area (Å²) in [5.74, 6) is 1.91. The number of nitrogens with zero attached hydrogens (tertiary/aromatic N) is 2. The van der Waals surface area contributed by atoms with Gasteiger partial charge in [0.25, 0.3) is 0 Å². The van der Waals surface area contributed by atoms with Gasteiger partial charge in [0.1, 0.15) is 5.76 Å². The van der Waals surface area contributed by atoms with E-state index in [-0.39, 0.29) is 30.1 Å². The van der Waals surface area contributed by atoms with E-state index in [0.29, 0.717) is 0 Å². The van der Waals surface area contributed by atoms with Crippen molar-refractivity contribution in [3.8, 4) is 0 Å². The van der Waals surface area contributed by atoms with Crippen LogP contribution in [0.4, 0.5) is 0 Å². The number of hydrogen-bond donors (Lipinski definition) is 1. The lowest BCUT2D eigenvalue weighted by molar-refractivity contribution is 0.0223. The van der Waals surface area contributed by atoms with Gasteiger partial charge in [0.15, 0.2) is 5.96 Å². The molecule has 0 bridgehead atoms. The summed E-state index contributed by atoms with van der Waals surface area (Å²) in [6.45, 7) is 3.23. The van der Waals surface area contributed by atoms with Crippen LogP contribution in [-0.4, -0.2) is 43.7 Å². The summed E-state index contributed by atoms with van der Waals surface area (Å²) in [5.41, 5.74) is 1.31. The zero-order valence-electron chi connectivity index (χ0n) is 15.2. The van der Waals surface area contributed by atoms with E-state index < -0.39 is 0 Å². The molecular weight excluding hydrogens is 461 g/mol. The van der Waals surface area contributed by atoms with Crippen LogP contribution in [0.5, 0.6) is 0 Å². The lowest BCUT2D eigenvalue weighted by Gasteiger charge is -2.25. The maximum absolute atomic E-state index is 5.81. The molecule has 144 valence electrons. The zero-order chi connectivity index (χ0) is 17.3. The van der Waals surface area contributed by atoms with Crippen molar-refractivity contribution in [1.29, 1.82) is 0 Å². The third-order valence-corrected chi connectivity index (χ3v) is 5.05. The van der Waals surface area contributed by atoms with Crippen LogP contribution in [0.2, 0.25) is 0 Å². The Morgan fingerprint density at radius 3 is 3.00 bits per heavy atom. The van der Waals surface area contributed by atoms with Gasteiger partial charge in [0.05, 0.1) is 18.9 Å². The molecule has 26 heavy (non-hydrogen) atoms. The average Bonchev–Trinajstić information content (AvgIpc) is 3.32. The Hall–Kier alpha value is -1.06. The van der Waals surface area contributed by atoms with Crippen LogP contribution in [0, 0.1) is 0 Å². The quantitative estimate of drug-likeness (QED) is 0.361. The molecule has 2 aromatic heterocycles. The van der Waals surface area contributed by atoms with Crippen molar-refractivity contribution in [1.82, 2.24) is 10.2 Å². The number of rotatable bonds is 7. The molecule has 0 aliphatic carbocycles. The van der Waals surface area contributed by atoms with E-state index in [1.165, 1.54) is 18.4 Å². The molecule has 7 heteroatoms. The van der Waals surface area contributed by atoms with Gasteiger partial charge in [0, 0.05) is 33.2 Å². The van der Waals surface area contributed by atoms with Gasteiger partial charge in [-0.1, -0.05) is 0 Å². The van der Waals surface area contributed by atoms with E-state index in [1.807, 2.05) is 12.1 Å². The molecule has 5 nitrogen and oxygen atoms in total. The Morgan fingerprint density at radius 1 is 1.38 bits per heavy atom. The number of ether oxygens (including phenoxy) is 1. The monoisotopic (exact) mass is 489 g/mol. The van der Waals surface area contributed by atoms with Gasteiger partial charge in [-0.3, -0.25) is 4.99 Å². The fraction of sp³-hybridized carbons (Fsp3) is 0.526. The summed E-state index contributed by atoms with van der Waals surface area (Å²) in [5, 5.41) is 7.77. The minimum absolute atomic E-state index is 0. The molecule has 1 fully saturated rings. The molecule has 3 rings (SSSR count). The number of thiophene rings is 1. The molecule has 1 aliphatic heterocycles. The van der Waals surface area contributed by atoms with Gasteiger partial charge in [-0.2, -0.15) is 11.3 Å². The molecule has 1 saturated heterocycles. The molecule has 0 spiro atoms. The van der Waals surface area contributed by atoms with Gasteiger partial charge in [-0.25, -0.2) is 0 Å². The normalized spacial score (nSPS) is 17.6. The van der Waals surface area contributed by atoms with E-state index in [4.69, 9.17) is 14.1 Å². The summed E-state index contributed by atoms with van der Waals surface area (Å²) in [6.07, 6.45) is 6.34. The second kappa shape index (κ2) is 11.6. The van der Waals surface area contributed by atoms with Crippen LogP contribution in [0.15, 0.2) is 44.6 Å². The second-order valence-corrected chi connectivity index (χ2v) is 7.18. The summed E-state index contributed by atoms with van der Waals surface area (Å²) in [7, 11) is 2.08. The second-order valence-electron chi connectivity index (χ2n) is 6.40. The highest BCUT2D eigenvalue weighted by Crippen LogP contribution is 2.13. The lowest BCUT2D eigenvalue weighted by Crippen LogP contribution is -2.40. The summed E-state index contributed by atoms with van der Waals surface area (Å²) in [4.78, 5) is 7.00. The maximum atomic E-state index is 5.81. The highest BCUT2D eigenvalue weighted by Gasteiger charge is 2.15. The molecule has 0 amide bonds. The molecule has 1 N–H and O–H groups in total. The number of halogens is 1. The number of aliphatic imine (C=N–C) groups is 1. The highest BCUT2D eigenvalue weighted by atomic mass is 127. The van der Waals surface area contributed by atoms with Gasteiger partial charge in [0.2, 0.25) is 0 Å². The summed E-state index contributed by atoms with van der Waals surface area (Å²) >= 11 is 1.73. The fourth-order valence-electron chi connectivity index (χ4n) is 2.93. The first-order valence-electron chi connectivity index (χ1n) is 8.96. The van der Waals surface area contributed by atoms with E-state index in [2.05, 4.69) is 34.1 Å². The smallest absolute Gasteiger partial charge is 0.194 e. The Bertz CT molecular complexity index is 625. The first-order chi connectivity index (χ1) is 12.3. The Balaban J connectivity index is 0.00000243. The first kappa shape index (κ1) is 21.2. The third-order valence-electron chi connectivity index (χ3n) is 4.31. The van der Waals surface area contributed by atoms with Gasteiger partial charge < -0.3 is 19.4 Å². The van der Waals surface area contributed by atoms with E-state index in [0.717, 1.165) is 50.8 Å². The van der Waals surface area contributed by atoms with Crippen LogP contribution in [0.25, 0.3) is 0 Å². The van der Waals surface area contributed by atoms with Crippen molar-refractivity contribution in [3.63, 3.8) is 0 Å². The first-order valence-corrected chi connectivity index (χ1v) is 9.90. The van der Waals surface area contributed by atoms with Gasteiger partial charge >= 0.3 is 0 Å². The van der Waals surface area contributed by atoms with Crippen molar-refractivity contribution >= 4 is 41.3 Å². The molecule has 0 saturated carbocycles. The molecule has 0 aromatic carbocycles. The van der Waals surface area contributed by atoms with Crippen molar-refractivity contribution in [3.05, 3.63) is 46.5 Å². The van der Waals surface area contributed by atoms with E-state index in [1.54, 1.807) is 17.6 Å². The summed E-state index contributed by atoms with van der Waals surface area (Å²) in [6, 6.07) is 6.09. The predicted molar refractivity (Wildman–Crippen MR) is 118 cm³/mol. The van der Waals surface area contributed by atoms with E-state index >= 15 is 0 Å². The molecule has 0 radical (unpaired) electrons. The lowest BCUT2D eigenvalue weighted by atomic mass is 10.1.